The Hall–Kier alpha value is -2.46. The van der Waals surface area contributed by atoms with Crippen molar-refractivity contribution in [1.29, 1.82) is 0 Å². The standard InChI is InChI=1S/C18H14ClN3O/c19-14-8-7-12(21-18(23)11-5-6-11)9-13(14)17-10-20-15-3-1-2-4-16(15)22-17/h1-4,7-11H,5-6H2,(H,21,23). The Kier molecular flexibility index (Phi) is 3.46. The quantitative estimate of drug-likeness (QED) is 0.782. The van der Waals surface area contributed by atoms with Crippen molar-refractivity contribution < 1.29 is 4.79 Å². The first-order valence-corrected chi connectivity index (χ1v) is 7.91. The van der Waals surface area contributed by atoms with E-state index in [4.69, 9.17) is 11.6 Å². The van der Waals surface area contributed by atoms with E-state index >= 15 is 0 Å². The number of hydrogen-bond acceptors (Lipinski definition) is 3. The van der Waals surface area contributed by atoms with Crippen LogP contribution in [0.25, 0.3) is 22.3 Å². The molecule has 4 rings (SSSR count). The predicted octanol–water partition coefficient (Wildman–Crippen LogP) is 4.30. The van der Waals surface area contributed by atoms with Gasteiger partial charge in [0.2, 0.25) is 5.91 Å². The molecule has 1 saturated carbocycles. The molecule has 114 valence electrons. The molecule has 1 fully saturated rings. The van der Waals surface area contributed by atoms with Gasteiger partial charge in [0.15, 0.2) is 0 Å². The maximum absolute atomic E-state index is 11.9. The van der Waals surface area contributed by atoms with Crippen LogP contribution in [0.5, 0.6) is 0 Å². The molecule has 1 aliphatic rings. The highest BCUT2D eigenvalue weighted by molar-refractivity contribution is 6.33. The number of rotatable bonds is 3. The molecule has 0 saturated heterocycles. The van der Waals surface area contributed by atoms with Gasteiger partial charge in [0, 0.05) is 17.2 Å². The third-order valence-electron chi connectivity index (χ3n) is 3.91. The second-order valence-corrected chi connectivity index (χ2v) is 6.11. The Balaban J connectivity index is 1.72. The first-order valence-electron chi connectivity index (χ1n) is 7.53. The molecule has 0 spiro atoms. The third kappa shape index (κ3) is 2.90. The van der Waals surface area contributed by atoms with E-state index in [1.54, 1.807) is 18.3 Å². The maximum atomic E-state index is 11.9. The number of fused-ring (bicyclic) bond motifs is 1. The van der Waals surface area contributed by atoms with E-state index in [2.05, 4.69) is 15.3 Å². The van der Waals surface area contributed by atoms with Crippen LogP contribution in [-0.4, -0.2) is 15.9 Å². The average Bonchev–Trinajstić information content (AvgIpc) is 3.41. The maximum Gasteiger partial charge on any atom is 0.227 e. The zero-order chi connectivity index (χ0) is 15.8. The Morgan fingerprint density at radius 2 is 1.91 bits per heavy atom. The van der Waals surface area contributed by atoms with Crippen LogP contribution in [0, 0.1) is 5.92 Å². The van der Waals surface area contributed by atoms with Crippen LogP contribution >= 0.6 is 11.6 Å². The fourth-order valence-electron chi connectivity index (χ4n) is 2.48. The van der Waals surface area contributed by atoms with Gasteiger partial charge in [-0.2, -0.15) is 0 Å². The van der Waals surface area contributed by atoms with Gasteiger partial charge in [-0.25, -0.2) is 4.98 Å². The lowest BCUT2D eigenvalue weighted by Gasteiger charge is -2.09. The summed E-state index contributed by atoms with van der Waals surface area (Å²) in [6.07, 6.45) is 3.65. The number of nitrogens with zero attached hydrogens (tertiary/aromatic N) is 2. The lowest BCUT2D eigenvalue weighted by molar-refractivity contribution is -0.117. The van der Waals surface area contributed by atoms with Crippen molar-refractivity contribution in [2.24, 2.45) is 5.92 Å². The Morgan fingerprint density at radius 1 is 1.13 bits per heavy atom. The molecule has 0 atom stereocenters. The number of amides is 1. The third-order valence-corrected chi connectivity index (χ3v) is 4.24. The van der Waals surface area contributed by atoms with E-state index < -0.39 is 0 Å². The molecule has 3 aromatic rings. The van der Waals surface area contributed by atoms with Gasteiger partial charge in [-0.05, 0) is 43.2 Å². The average molecular weight is 324 g/mol. The topological polar surface area (TPSA) is 54.9 Å². The molecule has 5 heteroatoms. The Bertz CT molecular complexity index is 906. The van der Waals surface area contributed by atoms with Gasteiger partial charge >= 0.3 is 0 Å². The number of anilines is 1. The molecule has 1 aromatic heterocycles. The van der Waals surface area contributed by atoms with Gasteiger partial charge in [0.1, 0.15) is 0 Å². The molecular formula is C18H14ClN3O. The minimum Gasteiger partial charge on any atom is -0.326 e. The van der Waals surface area contributed by atoms with Crippen LogP contribution in [0.3, 0.4) is 0 Å². The second kappa shape index (κ2) is 5.63. The highest BCUT2D eigenvalue weighted by Gasteiger charge is 2.29. The van der Waals surface area contributed by atoms with E-state index in [9.17, 15) is 4.79 Å². The minimum atomic E-state index is 0.0721. The van der Waals surface area contributed by atoms with Crippen molar-refractivity contribution in [1.82, 2.24) is 9.97 Å². The smallest absolute Gasteiger partial charge is 0.227 e. The van der Waals surface area contributed by atoms with Crippen molar-refractivity contribution in [3.05, 3.63) is 53.7 Å². The summed E-state index contributed by atoms with van der Waals surface area (Å²) < 4.78 is 0. The molecule has 0 aliphatic heterocycles. The number of carbonyl (C=O) groups excluding carboxylic acids is 1. The number of hydrogen-bond donors (Lipinski definition) is 1. The monoisotopic (exact) mass is 323 g/mol. The van der Waals surface area contributed by atoms with E-state index in [-0.39, 0.29) is 11.8 Å². The largest absolute Gasteiger partial charge is 0.326 e. The van der Waals surface area contributed by atoms with Crippen molar-refractivity contribution in [2.75, 3.05) is 5.32 Å². The van der Waals surface area contributed by atoms with E-state index in [0.717, 1.165) is 35.1 Å². The van der Waals surface area contributed by atoms with Crippen LogP contribution in [0.4, 0.5) is 5.69 Å². The molecule has 1 amide bonds. The SMILES string of the molecule is O=C(Nc1ccc(Cl)c(-c2cnc3ccccc3n2)c1)C1CC1. The highest BCUT2D eigenvalue weighted by atomic mass is 35.5. The molecule has 23 heavy (non-hydrogen) atoms. The lowest BCUT2D eigenvalue weighted by Crippen LogP contribution is -2.13. The van der Waals surface area contributed by atoms with Crippen LogP contribution in [0.15, 0.2) is 48.7 Å². The molecule has 2 aromatic carbocycles. The fraction of sp³-hybridized carbons (Fsp3) is 0.167. The number of para-hydroxylation sites is 2. The minimum absolute atomic E-state index is 0.0721. The fourth-order valence-corrected chi connectivity index (χ4v) is 2.69. The molecular weight excluding hydrogens is 310 g/mol. The first kappa shape index (κ1) is 14.2. The van der Waals surface area contributed by atoms with Gasteiger partial charge in [-0.3, -0.25) is 9.78 Å². The van der Waals surface area contributed by atoms with Gasteiger partial charge in [-0.15, -0.1) is 0 Å². The summed E-state index contributed by atoms with van der Waals surface area (Å²) in [5.41, 5.74) is 3.84. The summed E-state index contributed by atoms with van der Waals surface area (Å²) in [6.45, 7) is 0. The number of nitrogens with one attached hydrogen (secondary N) is 1. The Morgan fingerprint density at radius 3 is 2.70 bits per heavy atom. The van der Waals surface area contributed by atoms with E-state index in [0.29, 0.717) is 10.7 Å². The number of aromatic nitrogens is 2. The predicted molar refractivity (Wildman–Crippen MR) is 91.3 cm³/mol. The summed E-state index contributed by atoms with van der Waals surface area (Å²) in [5.74, 6) is 0.234. The first-order chi connectivity index (χ1) is 11.2. The summed E-state index contributed by atoms with van der Waals surface area (Å²) in [6, 6.07) is 13.1. The molecule has 1 aliphatic carbocycles. The molecule has 0 bridgehead atoms. The van der Waals surface area contributed by atoms with Crippen molar-refractivity contribution in [3.8, 4) is 11.3 Å². The normalized spacial score (nSPS) is 14.0. The Labute approximate surface area is 138 Å². The van der Waals surface area contributed by atoms with E-state index in [1.165, 1.54) is 0 Å². The van der Waals surface area contributed by atoms with Crippen LogP contribution in [-0.2, 0) is 4.79 Å². The van der Waals surface area contributed by atoms with Gasteiger partial charge in [0.25, 0.3) is 0 Å². The molecule has 0 unspecified atom stereocenters. The summed E-state index contributed by atoms with van der Waals surface area (Å²) >= 11 is 6.31. The van der Waals surface area contributed by atoms with Gasteiger partial charge in [-0.1, -0.05) is 23.7 Å². The van der Waals surface area contributed by atoms with E-state index in [1.807, 2.05) is 30.3 Å². The van der Waals surface area contributed by atoms with Crippen molar-refractivity contribution in [2.45, 2.75) is 12.8 Å². The summed E-state index contributed by atoms with van der Waals surface area (Å²) in [4.78, 5) is 20.9. The van der Waals surface area contributed by atoms with Crippen molar-refractivity contribution >= 4 is 34.2 Å². The van der Waals surface area contributed by atoms with Crippen LogP contribution < -0.4 is 5.32 Å². The molecule has 1 heterocycles. The molecule has 0 radical (unpaired) electrons. The lowest BCUT2D eigenvalue weighted by atomic mass is 10.1. The number of halogens is 1. The second-order valence-electron chi connectivity index (χ2n) is 5.70. The highest BCUT2D eigenvalue weighted by Crippen LogP contribution is 2.33. The number of carbonyl (C=O) groups is 1. The van der Waals surface area contributed by atoms with Crippen LogP contribution in [0.1, 0.15) is 12.8 Å². The summed E-state index contributed by atoms with van der Waals surface area (Å²) in [7, 11) is 0. The van der Waals surface area contributed by atoms with Crippen LogP contribution in [0.2, 0.25) is 5.02 Å². The zero-order valence-electron chi connectivity index (χ0n) is 12.3. The molecule has 1 N–H and O–H groups in total. The van der Waals surface area contributed by atoms with Gasteiger partial charge in [0.05, 0.1) is 27.9 Å². The number of benzene rings is 2. The molecule has 4 nitrogen and oxygen atoms in total. The van der Waals surface area contributed by atoms with Crippen molar-refractivity contribution in [3.63, 3.8) is 0 Å². The summed E-state index contributed by atoms with van der Waals surface area (Å²) in [5, 5.41) is 3.52. The zero-order valence-corrected chi connectivity index (χ0v) is 13.0. The van der Waals surface area contributed by atoms with Gasteiger partial charge < -0.3 is 5.32 Å².